The lowest BCUT2D eigenvalue weighted by molar-refractivity contribution is -0.125. The van der Waals surface area contributed by atoms with Gasteiger partial charge in [0.15, 0.2) is 0 Å². The molecule has 4 rings (SSSR count). The van der Waals surface area contributed by atoms with Crippen LogP contribution in [0, 0.1) is 13.8 Å². The number of aromatic nitrogens is 2. The monoisotopic (exact) mass is 348 g/mol. The van der Waals surface area contributed by atoms with E-state index in [-0.39, 0.29) is 18.2 Å². The molecule has 0 unspecified atom stereocenters. The molecule has 0 saturated carbocycles. The number of amides is 2. The van der Waals surface area contributed by atoms with Gasteiger partial charge in [0.05, 0.1) is 17.6 Å². The van der Waals surface area contributed by atoms with Crippen LogP contribution in [0.3, 0.4) is 0 Å². The van der Waals surface area contributed by atoms with Gasteiger partial charge in [-0.25, -0.2) is 4.52 Å². The number of nitrogens with zero attached hydrogens (tertiary/aromatic N) is 2. The minimum atomic E-state index is -0.436. The average Bonchev–Trinajstić information content (AvgIpc) is 3.14. The first-order valence-corrected chi connectivity index (χ1v) is 8.63. The van der Waals surface area contributed by atoms with E-state index in [1.165, 1.54) is 0 Å². The Kier molecular flexibility index (Phi) is 3.95. The van der Waals surface area contributed by atoms with Gasteiger partial charge in [-0.2, -0.15) is 5.10 Å². The summed E-state index contributed by atoms with van der Waals surface area (Å²) in [5.41, 5.74) is 5.81. The van der Waals surface area contributed by atoms with E-state index < -0.39 is 5.92 Å². The van der Waals surface area contributed by atoms with E-state index in [9.17, 15) is 9.59 Å². The number of carbonyl (C=O) groups is 2. The van der Waals surface area contributed by atoms with Crippen molar-refractivity contribution >= 4 is 23.0 Å². The Hall–Kier alpha value is -3.15. The van der Waals surface area contributed by atoms with Gasteiger partial charge >= 0.3 is 0 Å². The van der Waals surface area contributed by atoms with Gasteiger partial charge in [-0.05, 0) is 48.7 Å². The highest BCUT2D eigenvalue weighted by atomic mass is 16.2. The predicted molar refractivity (Wildman–Crippen MR) is 98.9 cm³/mol. The Morgan fingerprint density at radius 2 is 2.15 bits per heavy atom. The molecule has 1 aliphatic heterocycles. The quantitative estimate of drug-likeness (QED) is 0.761. The number of hydrogen-bond donors (Lipinski definition) is 2. The Morgan fingerprint density at radius 3 is 3.00 bits per heavy atom. The molecule has 2 amide bonds. The van der Waals surface area contributed by atoms with Crippen molar-refractivity contribution in [1.29, 1.82) is 0 Å². The van der Waals surface area contributed by atoms with Crippen LogP contribution in [-0.4, -0.2) is 21.4 Å². The molecule has 2 N–H and O–H groups in total. The molecule has 1 aliphatic rings. The van der Waals surface area contributed by atoms with Gasteiger partial charge < -0.3 is 10.6 Å². The van der Waals surface area contributed by atoms with Crippen molar-refractivity contribution in [2.45, 2.75) is 32.7 Å². The maximum atomic E-state index is 12.4. The number of benzene rings is 1. The summed E-state index contributed by atoms with van der Waals surface area (Å²) in [5, 5.41) is 10.1. The van der Waals surface area contributed by atoms with Crippen molar-refractivity contribution in [3.63, 3.8) is 0 Å². The summed E-state index contributed by atoms with van der Waals surface area (Å²) in [5.74, 6) is -0.692. The lowest BCUT2D eigenvalue weighted by Crippen LogP contribution is -2.26. The molecule has 132 valence electrons. The summed E-state index contributed by atoms with van der Waals surface area (Å²) in [6.45, 7) is 4.37. The Balaban J connectivity index is 1.47. The van der Waals surface area contributed by atoms with Crippen molar-refractivity contribution in [1.82, 2.24) is 14.9 Å². The third-order valence-corrected chi connectivity index (χ3v) is 4.83. The second kappa shape index (κ2) is 6.29. The molecule has 6 heteroatoms. The first kappa shape index (κ1) is 16.3. The standard InChI is InChI=1S/C20H20N4O2/c1-12-7-13(2)19-15(20(26)23-16(19)8-12)9-18(25)21-10-14-11-22-24-6-4-3-5-17(14)24/h3-8,11,15H,9-10H2,1-2H3,(H,21,25)(H,23,26)/t15-/m1/s1. The van der Waals surface area contributed by atoms with E-state index in [4.69, 9.17) is 0 Å². The van der Waals surface area contributed by atoms with Gasteiger partial charge in [0.25, 0.3) is 0 Å². The third-order valence-electron chi connectivity index (χ3n) is 4.83. The summed E-state index contributed by atoms with van der Waals surface area (Å²) in [6, 6.07) is 9.80. The van der Waals surface area contributed by atoms with Gasteiger partial charge in [0.2, 0.25) is 11.8 Å². The van der Waals surface area contributed by atoms with Crippen LogP contribution >= 0.6 is 0 Å². The highest BCUT2D eigenvalue weighted by Crippen LogP contribution is 2.37. The maximum Gasteiger partial charge on any atom is 0.232 e. The molecule has 3 heterocycles. The zero-order valence-electron chi connectivity index (χ0n) is 14.7. The van der Waals surface area contributed by atoms with E-state index in [2.05, 4.69) is 15.7 Å². The van der Waals surface area contributed by atoms with Crippen molar-refractivity contribution in [2.24, 2.45) is 0 Å². The van der Waals surface area contributed by atoms with Crippen LogP contribution in [0.1, 0.15) is 34.6 Å². The van der Waals surface area contributed by atoms with Crippen LogP contribution in [0.5, 0.6) is 0 Å². The zero-order valence-corrected chi connectivity index (χ0v) is 14.7. The van der Waals surface area contributed by atoms with E-state index in [1.807, 2.05) is 50.4 Å². The highest BCUT2D eigenvalue weighted by Gasteiger charge is 2.33. The Labute approximate surface area is 151 Å². The molecule has 1 aromatic carbocycles. The lowest BCUT2D eigenvalue weighted by atomic mass is 9.92. The van der Waals surface area contributed by atoms with E-state index in [0.717, 1.165) is 33.5 Å². The van der Waals surface area contributed by atoms with Crippen LogP contribution < -0.4 is 10.6 Å². The Morgan fingerprint density at radius 1 is 1.31 bits per heavy atom. The predicted octanol–water partition coefficient (Wildman–Crippen LogP) is 2.69. The van der Waals surface area contributed by atoms with Crippen LogP contribution in [0.15, 0.2) is 42.7 Å². The molecule has 0 fully saturated rings. The summed E-state index contributed by atoms with van der Waals surface area (Å²) in [6.07, 6.45) is 3.76. The number of carbonyl (C=O) groups excluding carboxylic acids is 2. The molecule has 3 aromatic rings. The topological polar surface area (TPSA) is 75.5 Å². The zero-order chi connectivity index (χ0) is 18.3. The van der Waals surface area contributed by atoms with Crippen LogP contribution in [-0.2, 0) is 16.1 Å². The molecular weight excluding hydrogens is 328 g/mol. The number of anilines is 1. The summed E-state index contributed by atoms with van der Waals surface area (Å²) in [7, 11) is 0. The number of nitrogens with one attached hydrogen (secondary N) is 2. The molecule has 2 aromatic heterocycles. The number of rotatable bonds is 4. The van der Waals surface area contributed by atoms with Crippen molar-refractivity contribution < 1.29 is 9.59 Å². The smallest absolute Gasteiger partial charge is 0.232 e. The minimum Gasteiger partial charge on any atom is -0.352 e. The molecule has 1 atom stereocenters. The van der Waals surface area contributed by atoms with Crippen molar-refractivity contribution in [3.8, 4) is 0 Å². The number of fused-ring (bicyclic) bond motifs is 2. The molecule has 0 bridgehead atoms. The van der Waals surface area contributed by atoms with Crippen LogP contribution in [0.2, 0.25) is 0 Å². The first-order chi connectivity index (χ1) is 12.5. The van der Waals surface area contributed by atoms with Crippen LogP contribution in [0.25, 0.3) is 5.52 Å². The average molecular weight is 348 g/mol. The fraction of sp³-hybridized carbons (Fsp3) is 0.250. The summed E-state index contributed by atoms with van der Waals surface area (Å²) >= 11 is 0. The number of pyridine rings is 1. The summed E-state index contributed by atoms with van der Waals surface area (Å²) in [4.78, 5) is 24.8. The van der Waals surface area contributed by atoms with Gasteiger partial charge in [0.1, 0.15) is 0 Å². The van der Waals surface area contributed by atoms with Gasteiger partial charge in [-0.3, -0.25) is 9.59 Å². The second-order valence-corrected chi connectivity index (χ2v) is 6.77. The largest absolute Gasteiger partial charge is 0.352 e. The van der Waals surface area contributed by atoms with E-state index >= 15 is 0 Å². The molecule has 0 radical (unpaired) electrons. The molecule has 26 heavy (non-hydrogen) atoms. The normalized spacial score (nSPS) is 15.8. The molecule has 0 spiro atoms. The van der Waals surface area contributed by atoms with Crippen LogP contribution in [0.4, 0.5) is 5.69 Å². The molecular formula is C20H20N4O2. The fourth-order valence-corrected chi connectivity index (χ4v) is 3.67. The second-order valence-electron chi connectivity index (χ2n) is 6.77. The number of aryl methyl sites for hydroxylation is 2. The number of hydrogen-bond acceptors (Lipinski definition) is 3. The SMILES string of the molecule is Cc1cc(C)c2c(c1)NC(=O)[C@@H]2CC(=O)NCc1cnn2ccccc12. The third kappa shape index (κ3) is 2.83. The van der Waals surface area contributed by atoms with E-state index in [0.29, 0.717) is 6.54 Å². The minimum absolute atomic E-state index is 0.111. The highest BCUT2D eigenvalue weighted by molar-refractivity contribution is 6.05. The Bertz CT molecular complexity index is 1020. The van der Waals surface area contributed by atoms with Crippen molar-refractivity contribution in [3.05, 3.63) is 65.0 Å². The van der Waals surface area contributed by atoms with Gasteiger partial charge in [0, 0.05) is 30.4 Å². The van der Waals surface area contributed by atoms with Crippen molar-refractivity contribution in [2.75, 3.05) is 5.32 Å². The van der Waals surface area contributed by atoms with Gasteiger partial charge in [-0.1, -0.05) is 12.1 Å². The fourth-order valence-electron chi connectivity index (χ4n) is 3.67. The first-order valence-electron chi connectivity index (χ1n) is 8.63. The molecule has 0 aliphatic carbocycles. The molecule has 0 saturated heterocycles. The maximum absolute atomic E-state index is 12.4. The summed E-state index contributed by atoms with van der Waals surface area (Å²) < 4.78 is 1.77. The molecule has 6 nitrogen and oxygen atoms in total. The lowest BCUT2D eigenvalue weighted by Gasteiger charge is -2.12. The van der Waals surface area contributed by atoms with E-state index in [1.54, 1.807) is 10.7 Å². The van der Waals surface area contributed by atoms with Gasteiger partial charge in [-0.15, -0.1) is 0 Å².